The van der Waals surface area contributed by atoms with Gasteiger partial charge in [0.15, 0.2) is 17.6 Å². The highest BCUT2D eigenvalue weighted by molar-refractivity contribution is 9.10. The second-order valence-electron chi connectivity index (χ2n) is 7.16. The van der Waals surface area contributed by atoms with E-state index in [4.69, 9.17) is 9.84 Å². The molecule has 1 amide bonds. The maximum Gasteiger partial charge on any atom is 0.341 e. The first kappa shape index (κ1) is 25.2. The van der Waals surface area contributed by atoms with Crippen molar-refractivity contribution in [1.29, 1.82) is 0 Å². The highest BCUT2D eigenvalue weighted by Crippen LogP contribution is 2.26. The molecule has 176 valence electrons. The number of carboxylic acids is 1. The highest BCUT2D eigenvalue weighted by atomic mass is 79.9. The molecule has 3 aromatic rings. The van der Waals surface area contributed by atoms with E-state index in [0.717, 1.165) is 15.6 Å². The van der Waals surface area contributed by atoms with Crippen LogP contribution in [0.5, 0.6) is 5.75 Å². The molecule has 1 heterocycles. The van der Waals surface area contributed by atoms with Crippen molar-refractivity contribution in [2.24, 2.45) is 5.10 Å². The van der Waals surface area contributed by atoms with Gasteiger partial charge in [0.1, 0.15) is 5.75 Å². The molecule has 0 aliphatic rings. The monoisotopic (exact) mass is 543 g/mol. The summed E-state index contributed by atoms with van der Waals surface area (Å²) in [5.74, 6) is -0.302. The van der Waals surface area contributed by atoms with Crippen molar-refractivity contribution in [3.63, 3.8) is 0 Å². The number of carbonyl (C=O) groups is 2. The van der Waals surface area contributed by atoms with Gasteiger partial charge in [0.25, 0.3) is 5.91 Å². The minimum atomic E-state index is -1.08. The number of amides is 1. The van der Waals surface area contributed by atoms with Gasteiger partial charge in [-0.15, -0.1) is 10.2 Å². The Balaban J connectivity index is 1.63. The second kappa shape index (κ2) is 12.1. The first-order valence-electron chi connectivity index (χ1n) is 10.1. The zero-order chi connectivity index (χ0) is 24.5. The molecule has 0 atom stereocenters. The Bertz CT molecular complexity index is 1210. The van der Waals surface area contributed by atoms with Gasteiger partial charge in [-0.05, 0) is 31.2 Å². The standard InChI is InChI=1S/C23H22BrN5O4S/c1-15(2)12-29-22(16-7-9-18(24)10-8-16)27-28-23(29)34-14-20(30)26-25-11-17-5-3-4-6-19(17)33-13-21(31)32/h3-11H,1,12-14H2,2H3,(H,26,30)(H,31,32)/b25-11-. The molecule has 0 saturated carbocycles. The lowest BCUT2D eigenvalue weighted by molar-refractivity contribution is -0.139. The van der Waals surface area contributed by atoms with Crippen molar-refractivity contribution < 1.29 is 19.4 Å². The van der Waals surface area contributed by atoms with E-state index in [0.29, 0.717) is 28.8 Å². The lowest BCUT2D eigenvalue weighted by Crippen LogP contribution is -2.20. The largest absolute Gasteiger partial charge is 0.481 e. The van der Waals surface area contributed by atoms with E-state index in [-0.39, 0.29) is 11.7 Å². The molecule has 0 saturated heterocycles. The number of para-hydroxylation sites is 1. The SMILES string of the molecule is C=C(C)Cn1c(SCC(=O)N/N=C\c2ccccc2OCC(=O)O)nnc1-c1ccc(Br)cc1. The van der Waals surface area contributed by atoms with E-state index in [9.17, 15) is 9.59 Å². The van der Waals surface area contributed by atoms with E-state index >= 15 is 0 Å². The summed E-state index contributed by atoms with van der Waals surface area (Å²) < 4.78 is 8.10. The van der Waals surface area contributed by atoms with E-state index in [1.165, 1.54) is 18.0 Å². The fourth-order valence-electron chi connectivity index (χ4n) is 2.81. The Morgan fingerprint density at radius 1 is 1.24 bits per heavy atom. The molecule has 0 radical (unpaired) electrons. The molecule has 2 N–H and O–H groups in total. The number of aromatic nitrogens is 3. The minimum absolute atomic E-state index is 0.0726. The quantitative estimate of drug-likeness (QED) is 0.162. The zero-order valence-corrected chi connectivity index (χ0v) is 20.7. The molecule has 9 nitrogen and oxygen atoms in total. The van der Waals surface area contributed by atoms with Crippen LogP contribution in [0.25, 0.3) is 11.4 Å². The summed E-state index contributed by atoms with van der Waals surface area (Å²) in [7, 11) is 0. The molecule has 0 fully saturated rings. The number of nitrogens with one attached hydrogen (secondary N) is 1. The molecular formula is C23H22BrN5O4S. The van der Waals surface area contributed by atoms with Gasteiger partial charge in [-0.1, -0.05) is 64.1 Å². The molecule has 1 aromatic heterocycles. The van der Waals surface area contributed by atoms with Crippen LogP contribution in [0.1, 0.15) is 12.5 Å². The summed E-state index contributed by atoms with van der Waals surface area (Å²) in [5, 5.41) is 21.9. The van der Waals surface area contributed by atoms with Gasteiger partial charge >= 0.3 is 5.97 Å². The van der Waals surface area contributed by atoms with Crippen molar-refractivity contribution >= 4 is 45.8 Å². The first-order chi connectivity index (χ1) is 16.3. The molecule has 0 spiro atoms. The summed E-state index contributed by atoms with van der Waals surface area (Å²) in [6.07, 6.45) is 1.40. The van der Waals surface area contributed by atoms with Crippen LogP contribution in [-0.2, 0) is 16.1 Å². The van der Waals surface area contributed by atoms with Crippen LogP contribution >= 0.6 is 27.7 Å². The van der Waals surface area contributed by atoms with Gasteiger partial charge in [0.2, 0.25) is 0 Å². The van der Waals surface area contributed by atoms with Crippen LogP contribution in [0.4, 0.5) is 0 Å². The number of ether oxygens (including phenoxy) is 1. The number of aliphatic carboxylic acids is 1. The predicted molar refractivity (Wildman–Crippen MR) is 134 cm³/mol. The molecule has 0 aliphatic heterocycles. The lowest BCUT2D eigenvalue weighted by atomic mass is 10.2. The second-order valence-corrected chi connectivity index (χ2v) is 9.02. The number of carboxylic acid groups (broad SMARTS) is 1. The van der Waals surface area contributed by atoms with Gasteiger partial charge in [0.05, 0.1) is 12.0 Å². The molecule has 3 rings (SSSR count). The number of nitrogens with zero attached hydrogens (tertiary/aromatic N) is 4. The molecular weight excluding hydrogens is 522 g/mol. The third-order valence-electron chi connectivity index (χ3n) is 4.24. The van der Waals surface area contributed by atoms with Crippen molar-refractivity contribution in [1.82, 2.24) is 20.2 Å². The fraction of sp³-hybridized carbons (Fsp3) is 0.174. The Morgan fingerprint density at radius 2 is 1.97 bits per heavy atom. The van der Waals surface area contributed by atoms with Crippen molar-refractivity contribution in [2.45, 2.75) is 18.6 Å². The number of hydrogen-bond donors (Lipinski definition) is 2. The van der Waals surface area contributed by atoms with Crippen molar-refractivity contribution in [3.8, 4) is 17.1 Å². The fourth-order valence-corrected chi connectivity index (χ4v) is 3.81. The van der Waals surface area contributed by atoms with Gasteiger partial charge in [0, 0.05) is 22.1 Å². The van der Waals surface area contributed by atoms with E-state index in [2.05, 4.69) is 43.2 Å². The molecule has 0 bridgehead atoms. The Morgan fingerprint density at radius 3 is 2.68 bits per heavy atom. The number of allylic oxidation sites excluding steroid dienone is 1. The third kappa shape index (κ3) is 7.29. The number of hydrazone groups is 1. The predicted octanol–water partition coefficient (Wildman–Crippen LogP) is 3.99. The third-order valence-corrected chi connectivity index (χ3v) is 5.74. The average molecular weight is 544 g/mol. The van der Waals surface area contributed by atoms with Crippen molar-refractivity contribution in [2.75, 3.05) is 12.4 Å². The van der Waals surface area contributed by atoms with E-state index in [1.807, 2.05) is 35.8 Å². The smallest absolute Gasteiger partial charge is 0.341 e. The van der Waals surface area contributed by atoms with Gasteiger partial charge in [-0.25, -0.2) is 10.2 Å². The van der Waals surface area contributed by atoms with Crippen LogP contribution in [-0.4, -0.2) is 50.3 Å². The van der Waals surface area contributed by atoms with Crippen LogP contribution in [0.15, 0.2) is 75.4 Å². The molecule has 11 heteroatoms. The van der Waals surface area contributed by atoms with Gasteiger partial charge in [-0.3, -0.25) is 9.36 Å². The Kier molecular flexibility index (Phi) is 9.00. The normalized spacial score (nSPS) is 10.9. The minimum Gasteiger partial charge on any atom is -0.481 e. The highest BCUT2D eigenvalue weighted by Gasteiger charge is 2.16. The summed E-state index contributed by atoms with van der Waals surface area (Å²) in [6, 6.07) is 14.5. The Labute approximate surface area is 209 Å². The maximum absolute atomic E-state index is 12.3. The zero-order valence-electron chi connectivity index (χ0n) is 18.3. The summed E-state index contributed by atoms with van der Waals surface area (Å²) in [5.41, 5.74) is 4.83. The number of thioether (sulfide) groups is 1. The Hall–Kier alpha value is -3.44. The number of benzene rings is 2. The number of hydrogen-bond acceptors (Lipinski definition) is 7. The summed E-state index contributed by atoms with van der Waals surface area (Å²) in [6.45, 7) is 5.95. The van der Waals surface area contributed by atoms with Gasteiger partial charge in [-0.2, -0.15) is 5.10 Å². The van der Waals surface area contributed by atoms with Crippen LogP contribution in [0.2, 0.25) is 0 Å². The molecule has 0 aliphatic carbocycles. The van der Waals surface area contributed by atoms with Gasteiger partial charge < -0.3 is 9.84 Å². The molecule has 2 aromatic carbocycles. The van der Waals surface area contributed by atoms with E-state index < -0.39 is 12.6 Å². The van der Waals surface area contributed by atoms with E-state index in [1.54, 1.807) is 24.3 Å². The van der Waals surface area contributed by atoms with Crippen molar-refractivity contribution in [3.05, 3.63) is 70.7 Å². The first-order valence-corrected chi connectivity index (χ1v) is 11.8. The van der Waals surface area contributed by atoms with Crippen LogP contribution in [0, 0.1) is 0 Å². The van der Waals surface area contributed by atoms with Crippen LogP contribution < -0.4 is 10.2 Å². The molecule has 0 unspecified atom stereocenters. The average Bonchev–Trinajstić information content (AvgIpc) is 3.19. The topological polar surface area (TPSA) is 119 Å². The van der Waals surface area contributed by atoms with Crippen LogP contribution in [0.3, 0.4) is 0 Å². The number of carbonyl (C=O) groups excluding carboxylic acids is 1. The number of rotatable bonds is 11. The summed E-state index contributed by atoms with van der Waals surface area (Å²) in [4.78, 5) is 23.0. The number of halogens is 1. The maximum atomic E-state index is 12.3. The molecule has 34 heavy (non-hydrogen) atoms. The lowest BCUT2D eigenvalue weighted by Gasteiger charge is -2.10. The summed E-state index contributed by atoms with van der Waals surface area (Å²) >= 11 is 4.67.